The van der Waals surface area contributed by atoms with E-state index in [-0.39, 0.29) is 33.9 Å². The molecule has 1 saturated carbocycles. The molecule has 1 aromatic heterocycles. The quantitative estimate of drug-likeness (QED) is 0.315. The summed E-state index contributed by atoms with van der Waals surface area (Å²) in [6.07, 6.45) is 4.22. The summed E-state index contributed by atoms with van der Waals surface area (Å²) in [5.74, 6) is 0.138. The largest absolute Gasteiger partial charge is 0.493 e. The Labute approximate surface area is 248 Å². The summed E-state index contributed by atoms with van der Waals surface area (Å²) < 4.78 is 22.9. The number of benzene rings is 2. The average Bonchev–Trinajstić information content (AvgIpc) is 3.42. The predicted molar refractivity (Wildman–Crippen MR) is 155 cm³/mol. The zero-order valence-electron chi connectivity index (χ0n) is 22.6. The second-order valence-electron chi connectivity index (χ2n) is 9.96. The molecule has 1 aliphatic heterocycles. The zero-order chi connectivity index (χ0) is 28.8. The summed E-state index contributed by atoms with van der Waals surface area (Å²) in [6, 6.07) is 12.5. The molecule has 2 atom stereocenters. The number of nitrogens with zero attached hydrogens (tertiary/aromatic N) is 2. The van der Waals surface area contributed by atoms with Gasteiger partial charge in [-0.1, -0.05) is 35.3 Å². The highest BCUT2D eigenvalue weighted by Gasteiger charge is 2.30. The van der Waals surface area contributed by atoms with E-state index < -0.39 is 5.91 Å². The van der Waals surface area contributed by atoms with Crippen molar-refractivity contribution in [2.24, 2.45) is 0 Å². The maximum absolute atomic E-state index is 12.9. The molecule has 2 aliphatic rings. The maximum atomic E-state index is 12.9. The number of rotatable bonds is 9. The highest BCUT2D eigenvalue weighted by molar-refractivity contribution is 6.39. The Morgan fingerprint density at radius 2 is 1.66 bits per heavy atom. The molecule has 0 bridgehead atoms. The third kappa shape index (κ3) is 7.48. The van der Waals surface area contributed by atoms with Crippen molar-refractivity contribution in [2.75, 3.05) is 38.7 Å². The molecule has 9 nitrogen and oxygen atoms in total. The minimum absolute atomic E-state index is 0.208. The van der Waals surface area contributed by atoms with Gasteiger partial charge >= 0.3 is 5.97 Å². The number of hydrogen-bond acceptors (Lipinski definition) is 8. The van der Waals surface area contributed by atoms with Crippen molar-refractivity contribution in [3.8, 4) is 11.5 Å². The number of pyridine rings is 1. The van der Waals surface area contributed by atoms with Crippen molar-refractivity contribution in [1.29, 1.82) is 0 Å². The third-order valence-electron chi connectivity index (χ3n) is 7.12. The highest BCUT2D eigenvalue weighted by atomic mass is 35.5. The number of carbonyl (C=O) groups excluding carboxylic acids is 2. The Morgan fingerprint density at radius 3 is 2.37 bits per heavy atom. The second-order valence-corrected chi connectivity index (χ2v) is 10.8. The summed E-state index contributed by atoms with van der Waals surface area (Å²) >= 11 is 12.3. The molecule has 2 fully saturated rings. The van der Waals surface area contributed by atoms with Gasteiger partial charge in [-0.3, -0.25) is 14.7 Å². The number of anilines is 1. The lowest BCUT2D eigenvalue weighted by Gasteiger charge is -2.26. The molecule has 1 N–H and O–H groups in total. The minimum Gasteiger partial charge on any atom is -0.493 e. The summed E-state index contributed by atoms with van der Waals surface area (Å²) in [6.45, 7) is 4.15. The first-order valence-corrected chi connectivity index (χ1v) is 14.2. The monoisotopic (exact) mass is 599 g/mol. The number of carbonyl (C=O) groups is 2. The molecule has 2 aromatic carbocycles. The number of halogens is 2. The second kappa shape index (κ2) is 13.5. The van der Waals surface area contributed by atoms with Crippen molar-refractivity contribution in [2.45, 2.75) is 38.0 Å². The van der Waals surface area contributed by atoms with Crippen molar-refractivity contribution in [1.82, 2.24) is 9.88 Å². The van der Waals surface area contributed by atoms with E-state index in [1.54, 1.807) is 18.2 Å². The van der Waals surface area contributed by atoms with Crippen molar-refractivity contribution < 1.29 is 28.5 Å². The lowest BCUT2D eigenvalue weighted by atomic mass is 10.1. The van der Waals surface area contributed by atoms with Crippen molar-refractivity contribution >= 4 is 40.8 Å². The lowest BCUT2D eigenvalue weighted by molar-refractivity contribution is 0.0293. The molecule has 2 heterocycles. The number of nitrogens with one attached hydrogen (secondary N) is 1. The summed E-state index contributed by atoms with van der Waals surface area (Å²) in [5, 5.41) is 3.17. The molecular weight excluding hydrogens is 569 g/mol. The average molecular weight is 600 g/mol. The molecule has 216 valence electrons. The lowest BCUT2D eigenvalue weighted by Crippen LogP contribution is -2.35. The Morgan fingerprint density at radius 1 is 0.976 bits per heavy atom. The van der Waals surface area contributed by atoms with E-state index in [0.29, 0.717) is 41.9 Å². The van der Waals surface area contributed by atoms with Gasteiger partial charge in [-0.15, -0.1) is 0 Å². The normalized spacial score (nSPS) is 19.0. The molecule has 11 heteroatoms. The van der Waals surface area contributed by atoms with Gasteiger partial charge in [-0.2, -0.15) is 0 Å². The van der Waals surface area contributed by atoms with Crippen molar-refractivity contribution in [3.63, 3.8) is 0 Å². The topological polar surface area (TPSA) is 99.2 Å². The first-order chi connectivity index (χ1) is 19.9. The van der Waals surface area contributed by atoms with Gasteiger partial charge < -0.3 is 24.3 Å². The SMILES string of the molecule is COc1ccc(C(=O)Nc2c(Cl)cncc2Cl)cc1OC1CCC(OC(=O)c2ccc(CN3CCOCC3)cc2)C1. The molecule has 0 spiro atoms. The van der Waals surface area contributed by atoms with Crippen molar-refractivity contribution in [3.05, 3.63) is 81.6 Å². The van der Waals surface area contributed by atoms with Gasteiger partial charge in [0.25, 0.3) is 5.91 Å². The molecular formula is C30H31Cl2N3O6. The van der Waals surface area contributed by atoms with E-state index in [2.05, 4.69) is 15.2 Å². The van der Waals surface area contributed by atoms with Gasteiger partial charge in [0.2, 0.25) is 0 Å². The van der Waals surface area contributed by atoms with Crippen LogP contribution < -0.4 is 14.8 Å². The van der Waals surface area contributed by atoms with Gasteiger partial charge in [0, 0.05) is 44.0 Å². The van der Waals surface area contributed by atoms with Crippen LogP contribution in [0.15, 0.2) is 54.9 Å². The van der Waals surface area contributed by atoms with E-state index in [9.17, 15) is 9.59 Å². The van der Waals surface area contributed by atoms with Crippen LogP contribution in [0.25, 0.3) is 0 Å². The van der Waals surface area contributed by atoms with Crippen LogP contribution in [0.2, 0.25) is 10.0 Å². The standard InChI is InChI=1S/C30H31Cl2N3O6/c1-38-26-9-6-21(29(36)34-28-24(31)16-33-17-25(28)32)14-27(26)40-22-7-8-23(15-22)41-30(37)20-4-2-19(3-5-20)18-35-10-12-39-13-11-35/h2-6,9,14,16-17,22-23H,7-8,10-13,15,18H2,1H3,(H,33,34,36). The molecule has 3 aromatic rings. The molecule has 1 aliphatic carbocycles. The fourth-order valence-electron chi connectivity index (χ4n) is 4.90. The predicted octanol–water partition coefficient (Wildman–Crippen LogP) is 5.64. The van der Waals surface area contributed by atoms with E-state index in [4.69, 9.17) is 42.1 Å². The number of ether oxygens (including phenoxy) is 4. The molecule has 41 heavy (non-hydrogen) atoms. The highest BCUT2D eigenvalue weighted by Crippen LogP contribution is 2.35. The Hall–Kier alpha value is -3.37. The Kier molecular flexibility index (Phi) is 9.61. The van der Waals surface area contributed by atoms with Crippen LogP contribution in [-0.2, 0) is 16.0 Å². The van der Waals surface area contributed by atoms with Gasteiger partial charge in [0.15, 0.2) is 11.5 Å². The third-order valence-corrected chi connectivity index (χ3v) is 7.69. The zero-order valence-corrected chi connectivity index (χ0v) is 24.1. The van der Waals surface area contributed by atoms with Crippen LogP contribution in [0.3, 0.4) is 0 Å². The van der Waals surface area contributed by atoms with E-state index in [1.807, 2.05) is 24.3 Å². The molecule has 0 radical (unpaired) electrons. The number of hydrogen-bond donors (Lipinski definition) is 1. The number of aromatic nitrogens is 1. The summed E-state index contributed by atoms with van der Waals surface area (Å²) in [7, 11) is 1.53. The molecule has 2 unspecified atom stereocenters. The van der Waals surface area contributed by atoms with Crippen LogP contribution >= 0.6 is 23.2 Å². The molecule has 1 saturated heterocycles. The number of methoxy groups -OCH3 is 1. The van der Waals surface area contributed by atoms with Crippen LogP contribution in [0.4, 0.5) is 5.69 Å². The Balaban J connectivity index is 1.16. The van der Waals surface area contributed by atoms with E-state index >= 15 is 0 Å². The summed E-state index contributed by atoms with van der Waals surface area (Å²) in [5.41, 5.74) is 2.28. The minimum atomic E-state index is -0.415. The number of amides is 1. The first-order valence-electron chi connectivity index (χ1n) is 13.4. The number of morpholine rings is 1. The van der Waals surface area contributed by atoms with Gasteiger partial charge in [0.05, 0.1) is 41.6 Å². The van der Waals surface area contributed by atoms with Crippen LogP contribution in [0.1, 0.15) is 45.5 Å². The van der Waals surface area contributed by atoms with Gasteiger partial charge in [-0.25, -0.2) is 4.79 Å². The summed E-state index contributed by atoms with van der Waals surface area (Å²) in [4.78, 5) is 32.0. The smallest absolute Gasteiger partial charge is 0.338 e. The first kappa shape index (κ1) is 29.1. The van der Waals surface area contributed by atoms with E-state index in [1.165, 1.54) is 19.5 Å². The molecule has 5 rings (SSSR count). The maximum Gasteiger partial charge on any atom is 0.338 e. The van der Waals surface area contributed by atoms with Crippen LogP contribution in [0.5, 0.6) is 11.5 Å². The van der Waals surface area contributed by atoms with E-state index in [0.717, 1.165) is 38.4 Å². The van der Waals surface area contributed by atoms with Gasteiger partial charge in [0.1, 0.15) is 12.2 Å². The Bertz CT molecular complexity index is 1360. The molecule has 1 amide bonds. The van der Waals surface area contributed by atoms with Crippen LogP contribution in [0, 0.1) is 0 Å². The fraction of sp³-hybridized carbons (Fsp3) is 0.367. The number of esters is 1. The fourth-order valence-corrected chi connectivity index (χ4v) is 5.36. The van der Waals surface area contributed by atoms with Crippen LogP contribution in [-0.4, -0.2) is 67.4 Å². The van der Waals surface area contributed by atoms with Gasteiger partial charge in [-0.05, 0) is 48.7 Å².